The van der Waals surface area contributed by atoms with E-state index in [-0.39, 0.29) is 17.2 Å². The molecule has 0 unspecified atom stereocenters. The molecule has 0 spiro atoms. The van der Waals surface area contributed by atoms with Crippen LogP contribution in [0.1, 0.15) is 32.6 Å². The molecule has 1 N–H and O–H groups in total. The first-order chi connectivity index (χ1) is 7.54. The summed E-state index contributed by atoms with van der Waals surface area (Å²) in [6.07, 6.45) is 0.692. The van der Waals surface area contributed by atoms with E-state index in [1.54, 1.807) is 19.9 Å². The van der Waals surface area contributed by atoms with E-state index in [4.69, 9.17) is 4.42 Å². The van der Waals surface area contributed by atoms with Crippen LogP contribution >= 0.6 is 0 Å². The first-order valence-electron chi connectivity index (χ1n) is 5.31. The van der Waals surface area contributed by atoms with Crippen LogP contribution in [0.4, 0.5) is 0 Å². The molecule has 0 saturated heterocycles. The predicted octanol–water partition coefficient (Wildman–Crippen LogP) is 1.43. The van der Waals surface area contributed by atoms with Crippen molar-refractivity contribution in [3.8, 4) is 0 Å². The Kier molecular flexibility index (Phi) is 2.46. The van der Waals surface area contributed by atoms with Gasteiger partial charge in [0.1, 0.15) is 5.76 Å². The van der Waals surface area contributed by atoms with Crippen molar-refractivity contribution >= 4 is 11.1 Å². The summed E-state index contributed by atoms with van der Waals surface area (Å²) in [5.74, 6) is 0.698. The van der Waals surface area contributed by atoms with Gasteiger partial charge in [-0.3, -0.25) is 9.36 Å². The van der Waals surface area contributed by atoms with E-state index in [0.717, 1.165) is 4.57 Å². The zero-order chi connectivity index (χ0) is 11.9. The third kappa shape index (κ3) is 1.48. The van der Waals surface area contributed by atoms with Crippen molar-refractivity contribution in [1.82, 2.24) is 9.55 Å². The normalized spacial score (nSPS) is 11.5. The molecule has 2 heterocycles. The molecule has 0 fully saturated rings. The summed E-state index contributed by atoms with van der Waals surface area (Å²) in [5, 5.41) is 0. The predicted molar refractivity (Wildman–Crippen MR) is 60.9 cm³/mol. The minimum absolute atomic E-state index is 0.184. The number of furan rings is 1. The number of aryl methyl sites for hydroxylation is 1. The van der Waals surface area contributed by atoms with Crippen LogP contribution in [0.25, 0.3) is 11.1 Å². The third-order valence-corrected chi connectivity index (χ3v) is 2.52. The Bertz CT molecular complexity index is 631. The Labute approximate surface area is 91.7 Å². The van der Waals surface area contributed by atoms with Crippen molar-refractivity contribution < 1.29 is 4.42 Å². The summed E-state index contributed by atoms with van der Waals surface area (Å²) in [5.41, 5.74) is -0.0571. The number of aromatic nitrogens is 2. The Morgan fingerprint density at radius 2 is 2.12 bits per heavy atom. The number of aromatic amines is 1. The van der Waals surface area contributed by atoms with Crippen molar-refractivity contribution in [3.63, 3.8) is 0 Å². The summed E-state index contributed by atoms with van der Waals surface area (Å²) in [6, 6.07) is 1.51. The maximum atomic E-state index is 12.0. The van der Waals surface area contributed by atoms with E-state index in [2.05, 4.69) is 4.98 Å². The van der Waals surface area contributed by atoms with Crippen LogP contribution in [0.5, 0.6) is 0 Å². The van der Waals surface area contributed by atoms with E-state index in [9.17, 15) is 9.59 Å². The van der Waals surface area contributed by atoms with E-state index in [0.29, 0.717) is 17.7 Å². The average molecular weight is 222 g/mol. The van der Waals surface area contributed by atoms with E-state index in [1.807, 2.05) is 6.92 Å². The van der Waals surface area contributed by atoms with Crippen LogP contribution in [0.3, 0.4) is 0 Å². The van der Waals surface area contributed by atoms with E-state index >= 15 is 0 Å². The zero-order valence-electron chi connectivity index (χ0n) is 9.53. The molecule has 2 aromatic heterocycles. The van der Waals surface area contributed by atoms with Crippen LogP contribution in [0, 0.1) is 0 Å². The van der Waals surface area contributed by atoms with Gasteiger partial charge in [0.15, 0.2) is 0 Å². The van der Waals surface area contributed by atoms with Crippen molar-refractivity contribution in [2.75, 3.05) is 0 Å². The highest BCUT2D eigenvalue weighted by molar-refractivity contribution is 5.71. The van der Waals surface area contributed by atoms with Gasteiger partial charge in [0.05, 0.1) is 5.52 Å². The molecule has 86 valence electrons. The van der Waals surface area contributed by atoms with E-state index < -0.39 is 5.69 Å². The van der Waals surface area contributed by atoms with Gasteiger partial charge in [0, 0.05) is 18.5 Å². The standard InChI is InChI=1S/C11H14N2O3/c1-4-7-5-8-9(16-7)10(14)13(6(2)3)11(15)12-8/h5-6H,4H2,1-3H3,(H,12,15). The first-order valence-corrected chi connectivity index (χ1v) is 5.31. The summed E-state index contributed by atoms with van der Waals surface area (Å²) in [6.45, 7) is 5.50. The molecule has 5 heteroatoms. The number of hydrogen-bond donors (Lipinski definition) is 1. The van der Waals surface area contributed by atoms with Gasteiger partial charge in [-0.05, 0) is 13.8 Å². The molecule has 0 aliphatic rings. The number of nitrogens with one attached hydrogen (secondary N) is 1. The smallest absolute Gasteiger partial charge is 0.329 e. The molecule has 0 aliphatic carbocycles. The van der Waals surface area contributed by atoms with Gasteiger partial charge in [0.25, 0.3) is 5.56 Å². The second-order valence-electron chi connectivity index (χ2n) is 4.01. The summed E-state index contributed by atoms with van der Waals surface area (Å²) >= 11 is 0. The van der Waals surface area contributed by atoms with Gasteiger partial charge in [-0.15, -0.1) is 0 Å². The van der Waals surface area contributed by atoms with Crippen molar-refractivity contribution in [2.24, 2.45) is 0 Å². The molecule has 0 aliphatic heterocycles. The average Bonchev–Trinajstić information content (AvgIpc) is 2.60. The summed E-state index contributed by atoms with van der Waals surface area (Å²) in [7, 11) is 0. The van der Waals surface area contributed by atoms with Crippen molar-refractivity contribution in [1.29, 1.82) is 0 Å². The molecule has 0 amide bonds. The molecule has 0 saturated carbocycles. The van der Waals surface area contributed by atoms with E-state index in [1.165, 1.54) is 0 Å². The topological polar surface area (TPSA) is 68.0 Å². The zero-order valence-corrected chi connectivity index (χ0v) is 9.53. The molecule has 0 aromatic carbocycles. The van der Waals surface area contributed by atoms with Gasteiger partial charge in [0.2, 0.25) is 5.58 Å². The molecule has 0 radical (unpaired) electrons. The van der Waals surface area contributed by atoms with Crippen LogP contribution < -0.4 is 11.2 Å². The number of rotatable bonds is 2. The lowest BCUT2D eigenvalue weighted by molar-refractivity contribution is 0.518. The molecule has 0 bridgehead atoms. The van der Waals surface area contributed by atoms with Crippen LogP contribution in [-0.4, -0.2) is 9.55 Å². The van der Waals surface area contributed by atoms with Gasteiger partial charge in [-0.25, -0.2) is 4.79 Å². The molecular formula is C11H14N2O3. The number of hydrogen-bond acceptors (Lipinski definition) is 3. The first kappa shape index (κ1) is 10.7. The Morgan fingerprint density at radius 3 is 2.69 bits per heavy atom. The van der Waals surface area contributed by atoms with Gasteiger partial charge >= 0.3 is 5.69 Å². The lowest BCUT2D eigenvalue weighted by atomic mass is 10.3. The van der Waals surface area contributed by atoms with Gasteiger partial charge in [-0.1, -0.05) is 6.92 Å². The lowest BCUT2D eigenvalue weighted by Crippen LogP contribution is -2.35. The quantitative estimate of drug-likeness (QED) is 0.835. The molecule has 0 atom stereocenters. The summed E-state index contributed by atoms with van der Waals surface area (Å²) < 4.78 is 6.55. The monoisotopic (exact) mass is 222 g/mol. The van der Waals surface area contributed by atoms with Crippen LogP contribution in [-0.2, 0) is 6.42 Å². The van der Waals surface area contributed by atoms with Gasteiger partial charge < -0.3 is 9.40 Å². The highest BCUT2D eigenvalue weighted by atomic mass is 16.3. The second-order valence-corrected chi connectivity index (χ2v) is 4.01. The Balaban J connectivity index is 2.87. The van der Waals surface area contributed by atoms with Crippen molar-refractivity contribution in [3.05, 3.63) is 32.7 Å². The fourth-order valence-corrected chi connectivity index (χ4v) is 1.71. The second kappa shape index (κ2) is 3.66. The highest BCUT2D eigenvalue weighted by Crippen LogP contribution is 2.13. The maximum Gasteiger partial charge on any atom is 0.329 e. The SMILES string of the molecule is CCc1cc2[nH]c(=O)n(C(C)C)c(=O)c2o1. The minimum atomic E-state index is -0.393. The molecule has 2 rings (SSSR count). The number of H-pyrrole nitrogens is 1. The number of fused-ring (bicyclic) bond motifs is 1. The molecular weight excluding hydrogens is 208 g/mol. The van der Waals surface area contributed by atoms with Gasteiger partial charge in [-0.2, -0.15) is 0 Å². The lowest BCUT2D eigenvalue weighted by Gasteiger charge is -2.06. The van der Waals surface area contributed by atoms with Crippen LogP contribution in [0.2, 0.25) is 0 Å². The Morgan fingerprint density at radius 1 is 1.44 bits per heavy atom. The third-order valence-electron chi connectivity index (χ3n) is 2.52. The Hall–Kier alpha value is -1.78. The highest BCUT2D eigenvalue weighted by Gasteiger charge is 2.13. The largest absolute Gasteiger partial charge is 0.454 e. The maximum absolute atomic E-state index is 12.0. The number of nitrogens with zero attached hydrogens (tertiary/aromatic N) is 1. The van der Waals surface area contributed by atoms with Crippen molar-refractivity contribution in [2.45, 2.75) is 33.2 Å². The fraction of sp³-hybridized carbons (Fsp3) is 0.455. The van der Waals surface area contributed by atoms with Crippen LogP contribution in [0.15, 0.2) is 20.1 Å². The fourth-order valence-electron chi connectivity index (χ4n) is 1.71. The minimum Gasteiger partial charge on any atom is -0.454 e. The molecule has 16 heavy (non-hydrogen) atoms. The summed E-state index contributed by atoms with van der Waals surface area (Å²) in [4.78, 5) is 26.3. The molecule has 5 nitrogen and oxygen atoms in total. The molecule has 2 aromatic rings.